The van der Waals surface area contributed by atoms with Crippen molar-refractivity contribution in [1.82, 2.24) is 4.90 Å². The Labute approximate surface area is 158 Å². The molecule has 3 nitrogen and oxygen atoms in total. The monoisotopic (exact) mass is 365 g/mol. The predicted octanol–water partition coefficient (Wildman–Crippen LogP) is 5.17. The molecule has 0 aromatic heterocycles. The van der Waals surface area contributed by atoms with Crippen molar-refractivity contribution in [2.45, 2.75) is 60.6 Å². The highest BCUT2D eigenvalue weighted by Crippen LogP contribution is 2.58. The second-order valence-corrected chi connectivity index (χ2v) is 8.85. The summed E-state index contributed by atoms with van der Waals surface area (Å²) in [5, 5.41) is -0.0367. The molecular formula is C22H23NO2S. The maximum atomic E-state index is 13.5. The first-order valence-corrected chi connectivity index (χ1v) is 10.4. The first-order valence-electron chi connectivity index (χ1n) is 9.49. The van der Waals surface area contributed by atoms with Crippen molar-refractivity contribution < 1.29 is 9.53 Å². The smallest absolute Gasteiger partial charge is 0.258 e. The molecule has 2 fully saturated rings. The topological polar surface area (TPSA) is 29.5 Å². The van der Waals surface area contributed by atoms with Gasteiger partial charge in [-0.25, -0.2) is 0 Å². The number of nitrogens with zero attached hydrogens (tertiary/aromatic N) is 1. The molecule has 1 saturated heterocycles. The van der Waals surface area contributed by atoms with Crippen LogP contribution in [0.2, 0.25) is 0 Å². The standard InChI is InChI=1S/C22H23NO2S/c1-21(16-10-4-2-5-11-16)20-23(22(25-21)14-8-3-9-15-22)19(24)17-12-6-7-13-18(17)26-20/h2,4-7,10-13,20H,3,8-9,14-15H2,1H3. The van der Waals surface area contributed by atoms with Crippen molar-refractivity contribution >= 4 is 17.7 Å². The summed E-state index contributed by atoms with van der Waals surface area (Å²) in [6, 6.07) is 18.4. The Bertz CT molecular complexity index is 846. The van der Waals surface area contributed by atoms with Crippen molar-refractivity contribution in [3.05, 3.63) is 65.7 Å². The van der Waals surface area contributed by atoms with Gasteiger partial charge < -0.3 is 4.74 Å². The third-order valence-corrected chi connectivity index (χ3v) is 7.60. The number of fused-ring (bicyclic) bond motifs is 3. The summed E-state index contributed by atoms with van der Waals surface area (Å²) in [7, 11) is 0. The van der Waals surface area contributed by atoms with E-state index in [9.17, 15) is 4.79 Å². The molecule has 3 aliphatic rings. The molecule has 0 N–H and O–H groups in total. The minimum Gasteiger partial charge on any atom is -0.342 e. The number of carbonyl (C=O) groups is 1. The average Bonchev–Trinajstić information content (AvgIpc) is 2.92. The molecule has 1 saturated carbocycles. The highest BCUT2D eigenvalue weighted by atomic mass is 32.2. The molecule has 0 radical (unpaired) electrons. The van der Waals surface area contributed by atoms with Crippen LogP contribution in [0.25, 0.3) is 0 Å². The van der Waals surface area contributed by atoms with Crippen LogP contribution < -0.4 is 0 Å². The molecule has 1 aliphatic carbocycles. The van der Waals surface area contributed by atoms with Crippen molar-refractivity contribution in [3.8, 4) is 0 Å². The Kier molecular flexibility index (Phi) is 3.70. The normalized spacial score (nSPS) is 29.5. The van der Waals surface area contributed by atoms with Crippen LogP contribution in [0.3, 0.4) is 0 Å². The fourth-order valence-corrected chi connectivity index (χ4v) is 6.31. The first kappa shape index (κ1) is 16.4. The number of ether oxygens (including phenoxy) is 1. The van der Waals surface area contributed by atoms with Crippen LogP contribution in [-0.2, 0) is 10.3 Å². The molecular weight excluding hydrogens is 342 g/mol. The summed E-state index contributed by atoms with van der Waals surface area (Å²) in [6.07, 6.45) is 5.33. The lowest BCUT2D eigenvalue weighted by atomic mass is 9.90. The summed E-state index contributed by atoms with van der Waals surface area (Å²) in [6.45, 7) is 2.16. The first-order chi connectivity index (χ1) is 12.6. The summed E-state index contributed by atoms with van der Waals surface area (Å²) in [4.78, 5) is 16.7. The van der Waals surface area contributed by atoms with Gasteiger partial charge in [-0.1, -0.05) is 60.6 Å². The van der Waals surface area contributed by atoms with E-state index in [2.05, 4.69) is 42.2 Å². The zero-order valence-corrected chi connectivity index (χ0v) is 15.8. The van der Waals surface area contributed by atoms with Gasteiger partial charge in [0.25, 0.3) is 5.91 Å². The number of hydrogen-bond donors (Lipinski definition) is 0. The van der Waals surface area contributed by atoms with Gasteiger partial charge in [0, 0.05) is 4.90 Å². The van der Waals surface area contributed by atoms with Crippen molar-refractivity contribution in [2.24, 2.45) is 0 Å². The molecule has 0 bridgehead atoms. The quantitative estimate of drug-likeness (QED) is 0.698. The van der Waals surface area contributed by atoms with Gasteiger partial charge in [-0.05, 0) is 50.3 Å². The van der Waals surface area contributed by atoms with Gasteiger partial charge in [0.05, 0.1) is 5.56 Å². The van der Waals surface area contributed by atoms with E-state index in [1.165, 1.54) is 6.42 Å². The Hall–Kier alpha value is -1.78. The fraction of sp³-hybridized carbons (Fsp3) is 0.409. The maximum Gasteiger partial charge on any atom is 0.258 e. The van der Waals surface area contributed by atoms with E-state index in [1.807, 2.05) is 24.3 Å². The lowest BCUT2D eigenvalue weighted by Gasteiger charge is -2.43. The molecule has 2 atom stereocenters. The average molecular weight is 365 g/mol. The van der Waals surface area contributed by atoms with Crippen LogP contribution in [0.1, 0.15) is 54.9 Å². The van der Waals surface area contributed by atoms with Gasteiger partial charge in [-0.15, -0.1) is 0 Å². The van der Waals surface area contributed by atoms with Crippen LogP contribution in [0.4, 0.5) is 0 Å². The molecule has 2 unspecified atom stereocenters. The largest absolute Gasteiger partial charge is 0.342 e. The van der Waals surface area contributed by atoms with Gasteiger partial charge >= 0.3 is 0 Å². The minimum atomic E-state index is -0.507. The van der Waals surface area contributed by atoms with E-state index in [4.69, 9.17) is 4.74 Å². The van der Waals surface area contributed by atoms with Crippen molar-refractivity contribution in [3.63, 3.8) is 0 Å². The van der Waals surface area contributed by atoms with Crippen LogP contribution in [0.15, 0.2) is 59.5 Å². The number of hydrogen-bond acceptors (Lipinski definition) is 3. The zero-order valence-electron chi connectivity index (χ0n) is 15.0. The van der Waals surface area contributed by atoms with E-state index in [0.29, 0.717) is 0 Å². The number of amides is 1. The Balaban J connectivity index is 1.68. The van der Waals surface area contributed by atoms with Gasteiger partial charge in [0.1, 0.15) is 16.7 Å². The van der Waals surface area contributed by atoms with E-state index in [0.717, 1.165) is 41.7 Å². The number of benzene rings is 2. The Morgan fingerprint density at radius 2 is 1.69 bits per heavy atom. The van der Waals surface area contributed by atoms with Crippen molar-refractivity contribution in [2.75, 3.05) is 0 Å². The third kappa shape index (κ3) is 2.21. The number of carbonyl (C=O) groups excluding carboxylic acids is 1. The minimum absolute atomic E-state index is 0.0367. The molecule has 1 spiro atoms. The molecule has 1 amide bonds. The second kappa shape index (κ2) is 5.86. The van der Waals surface area contributed by atoms with E-state index in [-0.39, 0.29) is 11.3 Å². The lowest BCUT2D eigenvalue weighted by molar-refractivity contribution is -0.147. The van der Waals surface area contributed by atoms with Gasteiger partial charge in [-0.2, -0.15) is 0 Å². The predicted molar refractivity (Wildman–Crippen MR) is 103 cm³/mol. The summed E-state index contributed by atoms with van der Waals surface area (Å²) >= 11 is 1.78. The summed E-state index contributed by atoms with van der Waals surface area (Å²) < 4.78 is 6.90. The van der Waals surface area contributed by atoms with Gasteiger partial charge in [0.15, 0.2) is 0 Å². The fourth-order valence-electron chi connectivity index (χ4n) is 4.82. The molecule has 4 heteroatoms. The third-order valence-electron chi connectivity index (χ3n) is 6.10. The highest BCUT2D eigenvalue weighted by Gasteiger charge is 2.63. The molecule has 26 heavy (non-hydrogen) atoms. The van der Waals surface area contributed by atoms with Gasteiger partial charge in [0.2, 0.25) is 0 Å². The molecule has 5 rings (SSSR count). The number of rotatable bonds is 1. The molecule has 2 heterocycles. The Morgan fingerprint density at radius 1 is 1.00 bits per heavy atom. The number of thioether (sulfide) groups is 1. The van der Waals surface area contributed by atoms with Gasteiger partial charge in [-0.3, -0.25) is 9.69 Å². The summed E-state index contributed by atoms with van der Waals surface area (Å²) in [5.41, 5.74) is 0.995. The lowest BCUT2D eigenvalue weighted by Crippen LogP contribution is -2.53. The summed E-state index contributed by atoms with van der Waals surface area (Å²) in [5.74, 6) is 0.130. The van der Waals surface area contributed by atoms with Crippen LogP contribution in [0, 0.1) is 0 Å². The molecule has 2 aromatic carbocycles. The second-order valence-electron chi connectivity index (χ2n) is 7.72. The molecule has 2 aliphatic heterocycles. The zero-order chi connectivity index (χ0) is 17.8. The highest BCUT2D eigenvalue weighted by molar-refractivity contribution is 8.00. The van der Waals surface area contributed by atoms with Crippen LogP contribution in [-0.4, -0.2) is 21.9 Å². The van der Waals surface area contributed by atoms with Crippen LogP contribution in [0.5, 0.6) is 0 Å². The van der Waals surface area contributed by atoms with Crippen molar-refractivity contribution in [1.29, 1.82) is 0 Å². The van der Waals surface area contributed by atoms with Crippen LogP contribution >= 0.6 is 11.8 Å². The van der Waals surface area contributed by atoms with E-state index >= 15 is 0 Å². The molecule has 134 valence electrons. The van der Waals surface area contributed by atoms with E-state index < -0.39 is 11.3 Å². The SMILES string of the molecule is CC1(c2ccccc2)OC2(CCCCC2)N2C(=O)c3ccccc3SC21. The molecule has 2 aromatic rings. The maximum absolute atomic E-state index is 13.5. The Morgan fingerprint density at radius 3 is 2.46 bits per heavy atom. The van der Waals surface area contributed by atoms with E-state index in [1.54, 1.807) is 11.8 Å².